The van der Waals surface area contributed by atoms with Gasteiger partial charge in [0.15, 0.2) is 0 Å². The third kappa shape index (κ3) is 4.84. The Morgan fingerprint density at radius 2 is 2.35 bits per heavy atom. The predicted molar refractivity (Wildman–Crippen MR) is 85.0 cm³/mol. The minimum atomic E-state index is 0.359. The zero-order valence-corrected chi connectivity index (χ0v) is 13.1. The van der Waals surface area contributed by atoms with Crippen LogP contribution in [-0.4, -0.2) is 41.3 Å². The number of carbonyl (C=O) groups excluding carboxylic acids is 1. The van der Waals surface area contributed by atoms with Crippen LogP contribution in [0, 0.1) is 0 Å². The normalized spacial score (nSPS) is 16.4. The third-order valence-electron chi connectivity index (χ3n) is 3.35. The molecule has 0 amide bonds. The van der Waals surface area contributed by atoms with E-state index < -0.39 is 0 Å². The van der Waals surface area contributed by atoms with Gasteiger partial charge in [0.1, 0.15) is 11.5 Å². The van der Waals surface area contributed by atoms with Gasteiger partial charge in [-0.15, -0.1) is 0 Å². The Balaban J connectivity index is 1.75. The van der Waals surface area contributed by atoms with Crippen molar-refractivity contribution in [2.45, 2.75) is 31.9 Å². The number of nitrogens with zero attached hydrogens (tertiary/aromatic N) is 1. The highest BCUT2D eigenvalue weighted by molar-refractivity contribution is 8.00. The van der Waals surface area contributed by atoms with E-state index in [4.69, 9.17) is 4.42 Å². The summed E-state index contributed by atoms with van der Waals surface area (Å²) in [6.45, 7) is 7.04. The van der Waals surface area contributed by atoms with Crippen LogP contribution in [0.1, 0.15) is 32.4 Å². The van der Waals surface area contributed by atoms with E-state index in [1.165, 1.54) is 5.57 Å². The minimum Gasteiger partial charge on any atom is -0.465 e. The van der Waals surface area contributed by atoms with Crippen LogP contribution in [0.25, 0.3) is 5.57 Å². The summed E-state index contributed by atoms with van der Waals surface area (Å²) >= 11 is 1.73. The summed E-state index contributed by atoms with van der Waals surface area (Å²) < 4.78 is 5.45. The summed E-state index contributed by atoms with van der Waals surface area (Å²) in [6.07, 6.45) is 5.64. The Bertz CT molecular complexity index is 451. The zero-order chi connectivity index (χ0) is 14.4. The Morgan fingerprint density at radius 3 is 3.05 bits per heavy atom. The van der Waals surface area contributed by atoms with Crippen LogP contribution in [0.5, 0.6) is 0 Å². The smallest absolute Gasteiger partial charge is 0.144 e. The molecule has 1 aliphatic rings. The molecule has 0 saturated heterocycles. The molecule has 110 valence electrons. The maximum Gasteiger partial charge on any atom is 0.144 e. The van der Waals surface area contributed by atoms with Crippen molar-refractivity contribution in [2.75, 3.05) is 25.4 Å². The van der Waals surface area contributed by atoms with Gasteiger partial charge in [-0.25, -0.2) is 0 Å². The lowest BCUT2D eigenvalue weighted by atomic mass is 10.1. The molecule has 0 saturated carbocycles. The average molecular weight is 293 g/mol. The standard InChI is InChI=1S/C16H23NO2S/c1-13(2)20-12-15(18)7-9-17-8-3-5-14(11-17)16-6-4-10-19-16/h4-6,10,13H,3,7-9,11-12H2,1-2H3. The molecule has 0 unspecified atom stereocenters. The number of hydrogen-bond donors (Lipinski definition) is 0. The average Bonchev–Trinajstić information content (AvgIpc) is 2.97. The molecule has 1 aromatic heterocycles. The molecule has 0 atom stereocenters. The van der Waals surface area contributed by atoms with E-state index in [-0.39, 0.29) is 0 Å². The second kappa shape index (κ2) is 7.70. The van der Waals surface area contributed by atoms with Gasteiger partial charge in [-0.3, -0.25) is 9.69 Å². The van der Waals surface area contributed by atoms with E-state index in [1.807, 2.05) is 12.1 Å². The van der Waals surface area contributed by atoms with Crippen LogP contribution in [0.4, 0.5) is 0 Å². The zero-order valence-electron chi connectivity index (χ0n) is 12.3. The monoisotopic (exact) mass is 293 g/mol. The number of thioether (sulfide) groups is 1. The van der Waals surface area contributed by atoms with Crippen molar-refractivity contribution < 1.29 is 9.21 Å². The van der Waals surface area contributed by atoms with E-state index in [0.717, 1.165) is 31.8 Å². The Morgan fingerprint density at radius 1 is 1.50 bits per heavy atom. The van der Waals surface area contributed by atoms with Crippen molar-refractivity contribution in [3.63, 3.8) is 0 Å². The molecule has 4 heteroatoms. The number of Topliss-reactive ketones (excluding diaryl/α,β-unsaturated/α-hetero) is 1. The lowest BCUT2D eigenvalue weighted by Crippen LogP contribution is -2.31. The summed E-state index contributed by atoms with van der Waals surface area (Å²) in [7, 11) is 0. The highest BCUT2D eigenvalue weighted by atomic mass is 32.2. The first-order valence-corrected chi connectivity index (χ1v) is 8.28. The molecule has 2 rings (SSSR count). The highest BCUT2D eigenvalue weighted by Crippen LogP contribution is 2.21. The van der Waals surface area contributed by atoms with Gasteiger partial charge in [-0.2, -0.15) is 11.8 Å². The Labute approximate surface area is 125 Å². The second-order valence-electron chi connectivity index (χ2n) is 5.42. The molecular weight excluding hydrogens is 270 g/mol. The van der Waals surface area contributed by atoms with Gasteiger partial charge in [-0.05, 0) is 23.8 Å². The number of ketones is 1. The number of rotatable bonds is 7. The molecule has 0 N–H and O–H groups in total. The van der Waals surface area contributed by atoms with Gasteiger partial charge in [0.2, 0.25) is 0 Å². The van der Waals surface area contributed by atoms with Gasteiger partial charge in [0, 0.05) is 31.6 Å². The fourth-order valence-corrected chi connectivity index (χ4v) is 2.91. The summed E-state index contributed by atoms with van der Waals surface area (Å²) in [6, 6.07) is 3.92. The summed E-state index contributed by atoms with van der Waals surface area (Å²) in [5, 5.41) is 0.530. The molecule has 0 radical (unpaired) electrons. The summed E-state index contributed by atoms with van der Waals surface area (Å²) in [4.78, 5) is 14.2. The highest BCUT2D eigenvalue weighted by Gasteiger charge is 2.16. The van der Waals surface area contributed by atoms with Gasteiger partial charge in [0.05, 0.1) is 12.0 Å². The van der Waals surface area contributed by atoms with Crippen molar-refractivity contribution >= 4 is 23.1 Å². The van der Waals surface area contributed by atoms with Gasteiger partial charge < -0.3 is 4.42 Å². The second-order valence-corrected chi connectivity index (χ2v) is 6.98. The summed E-state index contributed by atoms with van der Waals surface area (Å²) in [5.41, 5.74) is 1.24. The molecular formula is C16H23NO2S. The van der Waals surface area contributed by atoms with Crippen molar-refractivity contribution in [1.82, 2.24) is 4.90 Å². The number of carbonyl (C=O) groups is 1. The molecule has 0 spiro atoms. The van der Waals surface area contributed by atoms with E-state index in [0.29, 0.717) is 23.2 Å². The first-order chi connectivity index (χ1) is 9.65. The topological polar surface area (TPSA) is 33.5 Å². The van der Waals surface area contributed by atoms with Crippen LogP contribution >= 0.6 is 11.8 Å². The van der Waals surface area contributed by atoms with E-state index in [2.05, 4.69) is 24.8 Å². The van der Waals surface area contributed by atoms with Crippen LogP contribution in [-0.2, 0) is 4.79 Å². The van der Waals surface area contributed by atoms with E-state index >= 15 is 0 Å². The third-order valence-corrected chi connectivity index (χ3v) is 4.51. The lowest BCUT2D eigenvalue weighted by Gasteiger charge is -2.26. The first-order valence-electron chi connectivity index (χ1n) is 7.23. The van der Waals surface area contributed by atoms with Crippen LogP contribution in [0.2, 0.25) is 0 Å². The Hall–Kier alpha value is -1.00. The fourth-order valence-electron chi connectivity index (χ4n) is 2.25. The summed E-state index contributed by atoms with van der Waals surface area (Å²) in [5.74, 6) is 1.96. The van der Waals surface area contributed by atoms with Crippen LogP contribution < -0.4 is 0 Å². The Kier molecular flexibility index (Phi) is 5.92. The number of hydrogen-bond acceptors (Lipinski definition) is 4. The maximum absolute atomic E-state index is 11.8. The molecule has 0 fully saturated rings. The van der Waals surface area contributed by atoms with Crippen molar-refractivity contribution in [1.29, 1.82) is 0 Å². The molecule has 3 nitrogen and oxygen atoms in total. The van der Waals surface area contributed by atoms with Gasteiger partial charge in [0.25, 0.3) is 0 Å². The predicted octanol–water partition coefficient (Wildman–Crippen LogP) is 3.47. The van der Waals surface area contributed by atoms with Gasteiger partial charge >= 0.3 is 0 Å². The quantitative estimate of drug-likeness (QED) is 0.771. The SMILES string of the molecule is CC(C)SCC(=O)CCN1CCC=C(c2ccco2)C1. The largest absolute Gasteiger partial charge is 0.465 e. The molecule has 2 heterocycles. The van der Waals surface area contributed by atoms with Crippen molar-refractivity contribution in [2.24, 2.45) is 0 Å². The fraction of sp³-hybridized carbons (Fsp3) is 0.562. The maximum atomic E-state index is 11.8. The lowest BCUT2D eigenvalue weighted by molar-refractivity contribution is -0.116. The molecule has 0 bridgehead atoms. The minimum absolute atomic E-state index is 0.359. The van der Waals surface area contributed by atoms with Gasteiger partial charge in [-0.1, -0.05) is 19.9 Å². The molecule has 1 aliphatic heterocycles. The van der Waals surface area contributed by atoms with Crippen molar-refractivity contribution in [3.8, 4) is 0 Å². The van der Waals surface area contributed by atoms with E-state index in [9.17, 15) is 4.79 Å². The number of furan rings is 1. The molecule has 0 aromatic carbocycles. The first kappa shape index (κ1) is 15.4. The molecule has 1 aromatic rings. The molecule has 0 aliphatic carbocycles. The molecule has 20 heavy (non-hydrogen) atoms. The van der Waals surface area contributed by atoms with Crippen LogP contribution in [0.15, 0.2) is 28.9 Å². The van der Waals surface area contributed by atoms with E-state index in [1.54, 1.807) is 18.0 Å². The van der Waals surface area contributed by atoms with Crippen LogP contribution in [0.3, 0.4) is 0 Å². The van der Waals surface area contributed by atoms with Crippen molar-refractivity contribution in [3.05, 3.63) is 30.2 Å².